The van der Waals surface area contributed by atoms with Crippen LogP contribution in [-0.4, -0.2) is 46.0 Å². The molecule has 1 aromatic carbocycles. The Morgan fingerprint density at radius 1 is 1.26 bits per heavy atom. The van der Waals surface area contributed by atoms with Crippen molar-refractivity contribution < 1.29 is 28.3 Å². The minimum Gasteiger partial charge on any atom is -0.462 e. The third-order valence-electron chi connectivity index (χ3n) is 5.71. The van der Waals surface area contributed by atoms with Gasteiger partial charge in [-0.3, -0.25) is 13.9 Å². The Bertz CT molecular complexity index is 1150. The van der Waals surface area contributed by atoms with E-state index in [1.807, 2.05) is 0 Å². The second-order valence-electron chi connectivity index (χ2n) is 8.77. The van der Waals surface area contributed by atoms with Crippen molar-refractivity contribution in [3.8, 4) is 5.75 Å². The normalized spacial score (nSPS) is 22.2. The summed E-state index contributed by atoms with van der Waals surface area (Å²) >= 11 is 0. The summed E-state index contributed by atoms with van der Waals surface area (Å²) < 4.78 is 31.6. The molecule has 11 heteroatoms. The number of nitrogens with zero attached hydrogens (tertiary/aromatic N) is 2. The zero-order valence-electron chi connectivity index (χ0n) is 20.3. The van der Waals surface area contributed by atoms with Gasteiger partial charge in [0.1, 0.15) is 11.8 Å². The standard InChI is InChI=1S/C24H32N3O7P/c1-15(2)33-23(29)18(5)26-35(31,34-19-9-7-6-8-10-19)32-14-21-17(4)22(20(21)13-28)27-12-11-16(3)25-24(27)30/h6-12,15,18,20-22,28H,4,13-14H2,1-3,5H3,(H,26,31)/t18?,20-,21+,22-,35?/m1/s1. The van der Waals surface area contributed by atoms with Gasteiger partial charge in [0.15, 0.2) is 0 Å². The van der Waals surface area contributed by atoms with Crippen molar-refractivity contribution in [2.45, 2.75) is 45.9 Å². The molecule has 1 fully saturated rings. The molecule has 1 aliphatic carbocycles. The monoisotopic (exact) mass is 505 g/mol. The fraction of sp³-hybridized carbons (Fsp3) is 0.458. The lowest BCUT2D eigenvalue weighted by Crippen LogP contribution is -2.48. The number of aryl methyl sites for hydroxylation is 1. The number of aliphatic hydroxyl groups excluding tert-OH is 1. The maximum atomic E-state index is 13.7. The third-order valence-corrected chi connectivity index (χ3v) is 7.35. The highest BCUT2D eigenvalue weighted by Crippen LogP contribution is 2.51. The smallest absolute Gasteiger partial charge is 0.459 e. The number of hydrogen-bond donors (Lipinski definition) is 2. The van der Waals surface area contributed by atoms with Gasteiger partial charge in [-0.25, -0.2) is 9.36 Å². The highest BCUT2D eigenvalue weighted by molar-refractivity contribution is 7.52. The molecular weight excluding hydrogens is 473 g/mol. The summed E-state index contributed by atoms with van der Waals surface area (Å²) in [5.41, 5.74) is 0.786. The number of para-hydroxylation sites is 1. The Kier molecular flexibility index (Phi) is 8.66. The van der Waals surface area contributed by atoms with Gasteiger partial charge in [0, 0.05) is 30.3 Å². The molecule has 35 heavy (non-hydrogen) atoms. The molecule has 2 N–H and O–H groups in total. The first kappa shape index (κ1) is 26.8. The fourth-order valence-electron chi connectivity index (χ4n) is 3.94. The fourth-order valence-corrected chi connectivity index (χ4v) is 5.45. The van der Waals surface area contributed by atoms with Crippen molar-refractivity contribution >= 4 is 13.7 Å². The predicted molar refractivity (Wildman–Crippen MR) is 130 cm³/mol. The van der Waals surface area contributed by atoms with E-state index in [1.54, 1.807) is 63.4 Å². The first-order chi connectivity index (χ1) is 16.5. The van der Waals surface area contributed by atoms with Crippen LogP contribution in [0.4, 0.5) is 0 Å². The molecule has 5 atom stereocenters. The first-order valence-electron chi connectivity index (χ1n) is 11.4. The molecule has 0 saturated heterocycles. The van der Waals surface area contributed by atoms with Crippen LogP contribution in [0.15, 0.2) is 59.5 Å². The Morgan fingerprint density at radius 3 is 2.54 bits per heavy atom. The number of hydrogen-bond acceptors (Lipinski definition) is 8. The Hall–Kier alpha value is -2.78. The minimum atomic E-state index is -4.05. The van der Waals surface area contributed by atoms with E-state index in [0.717, 1.165) is 0 Å². The average Bonchev–Trinajstić information content (AvgIpc) is 2.78. The maximum absolute atomic E-state index is 13.7. The Balaban J connectivity index is 1.76. The van der Waals surface area contributed by atoms with Gasteiger partial charge in [0.2, 0.25) is 0 Å². The van der Waals surface area contributed by atoms with Crippen molar-refractivity contribution in [1.29, 1.82) is 0 Å². The molecule has 2 unspecified atom stereocenters. The molecular formula is C24H32N3O7P. The van der Waals surface area contributed by atoms with Crippen LogP contribution in [0.25, 0.3) is 0 Å². The molecule has 1 saturated carbocycles. The van der Waals surface area contributed by atoms with Crippen molar-refractivity contribution in [2.24, 2.45) is 11.8 Å². The summed E-state index contributed by atoms with van der Waals surface area (Å²) in [6.07, 6.45) is 1.27. The largest absolute Gasteiger partial charge is 0.462 e. The summed E-state index contributed by atoms with van der Waals surface area (Å²) in [5.74, 6) is -1.12. The van der Waals surface area contributed by atoms with Crippen LogP contribution in [0.1, 0.15) is 32.5 Å². The van der Waals surface area contributed by atoms with Crippen LogP contribution in [-0.2, 0) is 18.6 Å². The van der Waals surface area contributed by atoms with Crippen LogP contribution in [0, 0.1) is 18.8 Å². The van der Waals surface area contributed by atoms with Gasteiger partial charge in [-0.05, 0) is 51.5 Å². The molecule has 0 amide bonds. The van der Waals surface area contributed by atoms with Crippen LogP contribution >= 0.6 is 7.75 Å². The zero-order chi connectivity index (χ0) is 25.8. The van der Waals surface area contributed by atoms with Gasteiger partial charge in [0.25, 0.3) is 0 Å². The van der Waals surface area contributed by atoms with Crippen molar-refractivity contribution in [3.05, 3.63) is 70.9 Å². The van der Waals surface area contributed by atoms with Crippen molar-refractivity contribution in [2.75, 3.05) is 13.2 Å². The van der Waals surface area contributed by atoms with Crippen LogP contribution < -0.4 is 15.3 Å². The topological polar surface area (TPSA) is 129 Å². The summed E-state index contributed by atoms with van der Waals surface area (Å²) in [6, 6.07) is 8.69. The molecule has 0 spiro atoms. The van der Waals surface area contributed by atoms with E-state index in [2.05, 4.69) is 16.7 Å². The van der Waals surface area contributed by atoms with E-state index in [-0.39, 0.29) is 25.1 Å². The van der Waals surface area contributed by atoms with Gasteiger partial charge < -0.3 is 14.4 Å². The molecule has 190 valence electrons. The highest BCUT2D eigenvalue weighted by Gasteiger charge is 2.47. The van der Waals surface area contributed by atoms with Crippen LogP contribution in [0.5, 0.6) is 5.75 Å². The van der Waals surface area contributed by atoms with Gasteiger partial charge >= 0.3 is 19.4 Å². The number of benzene rings is 1. The highest BCUT2D eigenvalue weighted by atomic mass is 31.2. The van der Waals surface area contributed by atoms with Gasteiger partial charge in [0.05, 0.1) is 18.8 Å². The summed E-state index contributed by atoms with van der Waals surface area (Å²) in [4.78, 5) is 28.6. The number of aliphatic hydroxyl groups is 1. The van der Waals surface area contributed by atoms with E-state index >= 15 is 0 Å². The average molecular weight is 506 g/mol. The Labute approximate surface area is 204 Å². The molecule has 0 aliphatic heterocycles. The number of carbonyl (C=O) groups is 1. The van der Waals surface area contributed by atoms with E-state index in [9.17, 15) is 19.3 Å². The number of rotatable bonds is 11. The van der Waals surface area contributed by atoms with Crippen molar-refractivity contribution in [3.63, 3.8) is 0 Å². The molecule has 1 aromatic heterocycles. The van der Waals surface area contributed by atoms with Crippen LogP contribution in [0.2, 0.25) is 0 Å². The van der Waals surface area contributed by atoms with E-state index in [4.69, 9.17) is 13.8 Å². The first-order valence-corrected chi connectivity index (χ1v) is 12.9. The molecule has 1 aliphatic rings. The van der Waals surface area contributed by atoms with Gasteiger partial charge in [-0.1, -0.05) is 24.8 Å². The molecule has 10 nitrogen and oxygen atoms in total. The SMILES string of the molecule is C=C1[C@@H](n2ccc(C)nc2=O)[C@H](CO)[C@H]1COP(=O)(NC(C)C(=O)OC(C)C)Oc1ccccc1. The van der Waals surface area contributed by atoms with Crippen molar-refractivity contribution in [1.82, 2.24) is 14.6 Å². The van der Waals surface area contributed by atoms with E-state index in [0.29, 0.717) is 11.3 Å². The summed E-state index contributed by atoms with van der Waals surface area (Å²) in [6.45, 7) is 10.4. The van der Waals surface area contributed by atoms with Crippen LogP contribution in [0.3, 0.4) is 0 Å². The second-order valence-corrected chi connectivity index (χ2v) is 10.5. The summed E-state index contributed by atoms with van der Waals surface area (Å²) in [7, 11) is -4.05. The number of aromatic nitrogens is 2. The molecule has 0 radical (unpaired) electrons. The maximum Gasteiger partial charge on any atom is 0.459 e. The lowest BCUT2D eigenvalue weighted by molar-refractivity contribution is -0.149. The zero-order valence-corrected chi connectivity index (χ0v) is 21.2. The lowest BCUT2D eigenvalue weighted by Gasteiger charge is -2.46. The number of ether oxygens (including phenoxy) is 1. The predicted octanol–water partition coefficient (Wildman–Crippen LogP) is 3.02. The molecule has 1 heterocycles. The van der Waals surface area contributed by atoms with E-state index < -0.39 is 43.3 Å². The third kappa shape index (κ3) is 6.46. The lowest BCUT2D eigenvalue weighted by atomic mass is 9.66. The number of nitrogens with one attached hydrogen (secondary N) is 1. The van der Waals surface area contributed by atoms with E-state index in [1.165, 1.54) is 11.5 Å². The molecule has 3 rings (SSSR count). The minimum absolute atomic E-state index is 0.113. The Morgan fingerprint density at radius 2 is 1.94 bits per heavy atom. The second kappa shape index (κ2) is 11.3. The molecule has 0 bridgehead atoms. The number of esters is 1. The quantitative estimate of drug-likeness (QED) is 0.269. The number of carbonyl (C=O) groups excluding carboxylic acids is 1. The van der Waals surface area contributed by atoms with Gasteiger partial charge in [-0.15, -0.1) is 0 Å². The summed E-state index contributed by atoms with van der Waals surface area (Å²) in [5, 5.41) is 12.6. The molecule has 2 aromatic rings. The van der Waals surface area contributed by atoms with Gasteiger partial charge in [-0.2, -0.15) is 10.1 Å².